The predicted molar refractivity (Wildman–Crippen MR) is 64.8 cm³/mol. The second-order valence-corrected chi connectivity index (χ2v) is 4.56. The van der Waals surface area contributed by atoms with E-state index < -0.39 is 0 Å². The van der Waals surface area contributed by atoms with Crippen LogP contribution in [-0.2, 0) is 4.74 Å². The highest BCUT2D eigenvalue weighted by Gasteiger charge is 2.17. The van der Waals surface area contributed by atoms with E-state index in [0.29, 0.717) is 5.76 Å². The van der Waals surface area contributed by atoms with Gasteiger partial charge in [-0.2, -0.15) is 0 Å². The van der Waals surface area contributed by atoms with Crippen LogP contribution in [0.5, 0.6) is 0 Å². The molecule has 1 fully saturated rings. The molecule has 0 radical (unpaired) electrons. The molecule has 0 aliphatic carbocycles. The molecule has 84 valence electrons. The van der Waals surface area contributed by atoms with Crippen molar-refractivity contribution in [3.8, 4) is 11.8 Å². The van der Waals surface area contributed by atoms with Crippen LogP contribution in [0.3, 0.4) is 0 Å². The Morgan fingerprint density at radius 3 is 3.00 bits per heavy atom. The molecule has 0 saturated carbocycles. The molecule has 1 aliphatic rings. The summed E-state index contributed by atoms with van der Waals surface area (Å²) in [6, 6.07) is 0. The number of hydrogen-bond acceptors (Lipinski definition) is 1. The van der Waals surface area contributed by atoms with Gasteiger partial charge in [0.1, 0.15) is 10.3 Å². The largest absolute Gasteiger partial charge is 0.480 e. The van der Waals surface area contributed by atoms with Crippen LogP contribution in [0.15, 0.2) is 10.3 Å². The van der Waals surface area contributed by atoms with E-state index in [1.165, 1.54) is 6.42 Å². The van der Waals surface area contributed by atoms with Gasteiger partial charge in [-0.15, -0.1) is 0 Å². The van der Waals surface area contributed by atoms with Crippen molar-refractivity contribution in [1.82, 2.24) is 0 Å². The molecular formula is C12H16Cl2O. The number of hydrogen-bond donors (Lipinski definition) is 0. The van der Waals surface area contributed by atoms with Gasteiger partial charge in [-0.05, 0) is 19.3 Å². The lowest BCUT2D eigenvalue weighted by Gasteiger charge is -2.21. The number of rotatable bonds is 2. The Bertz CT molecular complexity index is 282. The maximum absolute atomic E-state index is 5.68. The third-order valence-electron chi connectivity index (χ3n) is 2.28. The zero-order valence-electron chi connectivity index (χ0n) is 8.98. The van der Waals surface area contributed by atoms with Gasteiger partial charge in [0.2, 0.25) is 0 Å². The van der Waals surface area contributed by atoms with Gasteiger partial charge in [-0.3, -0.25) is 0 Å². The normalized spacial score (nSPS) is 20.2. The Balaban J connectivity index is 2.42. The summed E-state index contributed by atoms with van der Waals surface area (Å²) in [5.74, 6) is 6.94. The lowest BCUT2D eigenvalue weighted by Crippen LogP contribution is -2.15. The quantitative estimate of drug-likeness (QED) is 0.519. The molecule has 1 saturated heterocycles. The molecule has 0 aromatic heterocycles. The Hall–Kier alpha value is -0.320. The van der Waals surface area contributed by atoms with Gasteiger partial charge in [0.25, 0.3) is 0 Å². The van der Waals surface area contributed by atoms with Gasteiger partial charge < -0.3 is 4.74 Å². The molecule has 0 aromatic rings. The Labute approximate surface area is 102 Å². The van der Waals surface area contributed by atoms with E-state index in [-0.39, 0.29) is 10.6 Å². The average molecular weight is 247 g/mol. The summed E-state index contributed by atoms with van der Waals surface area (Å²) < 4.78 is 5.82. The van der Waals surface area contributed by atoms with E-state index in [1.54, 1.807) is 0 Å². The molecule has 1 heterocycles. The van der Waals surface area contributed by atoms with Crippen LogP contribution in [0.4, 0.5) is 0 Å². The molecular weight excluding hydrogens is 231 g/mol. The second kappa shape index (κ2) is 7.04. The van der Waals surface area contributed by atoms with Crippen molar-refractivity contribution in [1.29, 1.82) is 0 Å². The molecule has 0 bridgehead atoms. The third-order valence-corrected chi connectivity index (χ3v) is 2.71. The lowest BCUT2D eigenvalue weighted by molar-refractivity contribution is 0.116. The smallest absolute Gasteiger partial charge is 0.158 e. The molecule has 1 rings (SSSR count). The summed E-state index contributed by atoms with van der Waals surface area (Å²) >= 11 is 11.4. The van der Waals surface area contributed by atoms with Crippen molar-refractivity contribution in [2.24, 2.45) is 0 Å². The molecule has 3 heteroatoms. The highest BCUT2D eigenvalue weighted by molar-refractivity contribution is 6.56. The molecule has 1 unspecified atom stereocenters. The standard InChI is InChI=1S/C12H16Cl2O/c1-2-3-4-5-7-10-8-6-9-11(15-10)12(13)14/h10H,2-4,6,8-9H2,1H3. The first kappa shape index (κ1) is 12.7. The van der Waals surface area contributed by atoms with E-state index >= 15 is 0 Å². The molecule has 0 aromatic carbocycles. The minimum Gasteiger partial charge on any atom is -0.480 e. The highest BCUT2D eigenvalue weighted by atomic mass is 35.5. The fourth-order valence-electron chi connectivity index (χ4n) is 1.43. The molecule has 0 amide bonds. The third kappa shape index (κ3) is 4.82. The van der Waals surface area contributed by atoms with Gasteiger partial charge in [-0.25, -0.2) is 0 Å². The van der Waals surface area contributed by atoms with Crippen LogP contribution >= 0.6 is 23.2 Å². The predicted octanol–water partition coefficient (Wildman–Crippen LogP) is 4.40. The molecule has 1 aliphatic heterocycles. The van der Waals surface area contributed by atoms with E-state index in [4.69, 9.17) is 27.9 Å². The van der Waals surface area contributed by atoms with Crippen molar-refractivity contribution in [3.05, 3.63) is 10.3 Å². The van der Waals surface area contributed by atoms with E-state index in [2.05, 4.69) is 18.8 Å². The average Bonchev–Trinajstić information content (AvgIpc) is 2.25. The van der Waals surface area contributed by atoms with Crippen LogP contribution < -0.4 is 0 Å². The highest BCUT2D eigenvalue weighted by Crippen LogP contribution is 2.27. The lowest BCUT2D eigenvalue weighted by atomic mass is 10.1. The number of unbranched alkanes of at least 4 members (excludes halogenated alkanes) is 2. The van der Waals surface area contributed by atoms with Crippen LogP contribution in [0.1, 0.15) is 45.4 Å². The first-order chi connectivity index (χ1) is 7.24. The molecule has 0 N–H and O–H groups in total. The van der Waals surface area contributed by atoms with Crippen molar-refractivity contribution >= 4 is 23.2 Å². The van der Waals surface area contributed by atoms with E-state index in [1.807, 2.05) is 0 Å². The number of ether oxygens (including phenoxy) is 1. The summed E-state index contributed by atoms with van der Waals surface area (Å²) in [6.45, 7) is 2.16. The van der Waals surface area contributed by atoms with Crippen LogP contribution in [-0.4, -0.2) is 6.10 Å². The van der Waals surface area contributed by atoms with Gasteiger partial charge in [0.15, 0.2) is 6.10 Å². The molecule has 1 atom stereocenters. The fourth-order valence-corrected chi connectivity index (χ4v) is 1.71. The first-order valence-corrected chi connectivity index (χ1v) is 6.18. The Kier molecular flexibility index (Phi) is 5.98. The van der Waals surface area contributed by atoms with Crippen molar-refractivity contribution < 1.29 is 4.74 Å². The van der Waals surface area contributed by atoms with Crippen molar-refractivity contribution in [2.75, 3.05) is 0 Å². The zero-order valence-corrected chi connectivity index (χ0v) is 10.5. The van der Waals surface area contributed by atoms with Gasteiger partial charge >= 0.3 is 0 Å². The van der Waals surface area contributed by atoms with Crippen LogP contribution in [0, 0.1) is 11.8 Å². The summed E-state index contributed by atoms with van der Waals surface area (Å²) in [5.41, 5.74) is 0. The Morgan fingerprint density at radius 2 is 2.33 bits per heavy atom. The van der Waals surface area contributed by atoms with Gasteiger partial charge in [0.05, 0.1) is 0 Å². The second-order valence-electron chi connectivity index (χ2n) is 3.61. The maximum atomic E-state index is 5.68. The van der Waals surface area contributed by atoms with Crippen molar-refractivity contribution in [3.63, 3.8) is 0 Å². The summed E-state index contributed by atoms with van der Waals surface area (Å²) in [6.07, 6.45) is 6.12. The zero-order chi connectivity index (χ0) is 11.1. The van der Waals surface area contributed by atoms with Crippen molar-refractivity contribution in [2.45, 2.75) is 51.6 Å². The first-order valence-electron chi connectivity index (χ1n) is 5.43. The topological polar surface area (TPSA) is 9.23 Å². The Morgan fingerprint density at radius 1 is 1.53 bits per heavy atom. The molecule has 15 heavy (non-hydrogen) atoms. The van der Waals surface area contributed by atoms with E-state index in [9.17, 15) is 0 Å². The summed E-state index contributed by atoms with van der Waals surface area (Å²) in [7, 11) is 0. The number of halogens is 2. The fraction of sp³-hybridized carbons (Fsp3) is 0.667. The minimum absolute atomic E-state index is 0.0156. The molecule has 0 spiro atoms. The van der Waals surface area contributed by atoms with Gasteiger partial charge in [0, 0.05) is 12.8 Å². The molecule has 1 nitrogen and oxygen atoms in total. The summed E-state index contributed by atoms with van der Waals surface area (Å²) in [5, 5.41) is 0. The monoisotopic (exact) mass is 246 g/mol. The van der Waals surface area contributed by atoms with Crippen LogP contribution in [0.2, 0.25) is 0 Å². The SMILES string of the molecule is CCCCC#CC1CCCC(=C(Cl)Cl)O1. The number of allylic oxidation sites excluding steroid dienone is 1. The van der Waals surface area contributed by atoms with Gasteiger partial charge in [-0.1, -0.05) is 48.4 Å². The maximum Gasteiger partial charge on any atom is 0.158 e. The minimum atomic E-state index is -0.0156. The van der Waals surface area contributed by atoms with Crippen LogP contribution in [0.25, 0.3) is 0 Å². The van der Waals surface area contributed by atoms with E-state index in [0.717, 1.165) is 32.1 Å². The summed E-state index contributed by atoms with van der Waals surface area (Å²) in [4.78, 5) is 0.